The maximum atomic E-state index is 3.73. The molecule has 2 aliphatic rings. The number of allylic oxidation sites excluding steroid dienone is 2. The fourth-order valence-corrected chi connectivity index (χ4v) is 2.87. The van der Waals surface area contributed by atoms with Crippen LogP contribution >= 0.6 is 15.9 Å². The van der Waals surface area contributed by atoms with E-state index in [0.717, 1.165) is 16.7 Å². The van der Waals surface area contributed by atoms with E-state index in [9.17, 15) is 0 Å². The Morgan fingerprint density at radius 1 is 1.33 bits per heavy atom. The monoisotopic (exact) mass is 186 g/mol. The van der Waals surface area contributed by atoms with E-state index in [1.165, 1.54) is 19.3 Å². The van der Waals surface area contributed by atoms with Gasteiger partial charge in [0.05, 0.1) is 0 Å². The van der Waals surface area contributed by atoms with Crippen molar-refractivity contribution < 1.29 is 0 Å². The molecule has 0 spiro atoms. The molecule has 1 heteroatoms. The molecule has 0 aromatic carbocycles. The predicted octanol–water partition coefficient (Wildman–Crippen LogP) is 2.74. The van der Waals surface area contributed by atoms with Crippen LogP contribution in [0.1, 0.15) is 19.3 Å². The molecule has 3 unspecified atom stereocenters. The molecular weight excluding hydrogens is 176 g/mol. The van der Waals surface area contributed by atoms with Crippen LogP contribution in [0.2, 0.25) is 0 Å². The van der Waals surface area contributed by atoms with Crippen LogP contribution in [0.25, 0.3) is 0 Å². The van der Waals surface area contributed by atoms with Crippen LogP contribution in [0.15, 0.2) is 12.2 Å². The predicted molar refractivity (Wildman–Crippen MR) is 42.7 cm³/mol. The second-order valence-corrected chi connectivity index (χ2v) is 4.17. The van der Waals surface area contributed by atoms with Crippen molar-refractivity contribution >= 4 is 15.9 Å². The summed E-state index contributed by atoms with van der Waals surface area (Å²) >= 11 is 3.73. The highest BCUT2D eigenvalue weighted by Crippen LogP contribution is 2.42. The van der Waals surface area contributed by atoms with Crippen LogP contribution in [-0.4, -0.2) is 4.83 Å². The van der Waals surface area contributed by atoms with E-state index in [1.54, 1.807) is 0 Å². The van der Waals surface area contributed by atoms with E-state index in [-0.39, 0.29) is 0 Å². The van der Waals surface area contributed by atoms with Gasteiger partial charge in [0.2, 0.25) is 0 Å². The van der Waals surface area contributed by atoms with E-state index in [0.29, 0.717) is 0 Å². The van der Waals surface area contributed by atoms with E-state index in [2.05, 4.69) is 28.1 Å². The number of halogens is 1. The molecule has 0 aromatic rings. The molecule has 9 heavy (non-hydrogen) atoms. The maximum absolute atomic E-state index is 3.73. The van der Waals surface area contributed by atoms with Crippen LogP contribution < -0.4 is 0 Å². The third kappa shape index (κ3) is 0.861. The van der Waals surface area contributed by atoms with Crippen molar-refractivity contribution in [3.05, 3.63) is 12.2 Å². The van der Waals surface area contributed by atoms with Crippen molar-refractivity contribution in [3.63, 3.8) is 0 Å². The van der Waals surface area contributed by atoms with Gasteiger partial charge in [0.25, 0.3) is 0 Å². The third-order valence-electron chi connectivity index (χ3n) is 2.55. The number of fused-ring (bicyclic) bond motifs is 2. The van der Waals surface area contributed by atoms with Gasteiger partial charge in [-0.1, -0.05) is 28.1 Å². The molecule has 1 fully saturated rings. The van der Waals surface area contributed by atoms with E-state index >= 15 is 0 Å². The molecule has 0 aromatic heterocycles. The minimum Gasteiger partial charge on any atom is -0.0881 e. The van der Waals surface area contributed by atoms with Crippen LogP contribution in [0, 0.1) is 11.8 Å². The summed E-state index contributed by atoms with van der Waals surface area (Å²) in [6.07, 6.45) is 8.89. The van der Waals surface area contributed by atoms with Crippen LogP contribution in [0.4, 0.5) is 0 Å². The Bertz CT molecular complexity index is 140. The minimum atomic E-state index is 0.808. The Morgan fingerprint density at radius 3 is 2.89 bits per heavy atom. The van der Waals surface area contributed by atoms with E-state index in [1.807, 2.05) is 0 Å². The number of hydrogen-bond acceptors (Lipinski definition) is 0. The van der Waals surface area contributed by atoms with Crippen molar-refractivity contribution in [2.75, 3.05) is 0 Å². The van der Waals surface area contributed by atoms with Gasteiger partial charge in [0.1, 0.15) is 0 Å². The smallest absolute Gasteiger partial charge is 0.0239 e. The molecule has 0 amide bonds. The number of rotatable bonds is 0. The third-order valence-corrected chi connectivity index (χ3v) is 3.98. The molecule has 2 aliphatic carbocycles. The summed E-state index contributed by atoms with van der Waals surface area (Å²) in [5.74, 6) is 1.82. The van der Waals surface area contributed by atoms with Crippen molar-refractivity contribution in [2.24, 2.45) is 11.8 Å². The van der Waals surface area contributed by atoms with E-state index < -0.39 is 0 Å². The Morgan fingerprint density at radius 2 is 2.22 bits per heavy atom. The molecule has 50 valence electrons. The summed E-state index contributed by atoms with van der Waals surface area (Å²) in [4.78, 5) is 0.808. The van der Waals surface area contributed by atoms with Gasteiger partial charge in [0.15, 0.2) is 0 Å². The lowest BCUT2D eigenvalue weighted by molar-refractivity contribution is 0.543. The van der Waals surface area contributed by atoms with Gasteiger partial charge in [-0.05, 0) is 31.1 Å². The first-order valence-electron chi connectivity index (χ1n) is 3.68. The lowest BCUT2D eigenvalue weighted by Crippen LogP contribution is -2.15. The topological polar surface area (TPSA) is 0 Å². The van der Waals surface area contributed by atoms with E-state index in [4.69, 9.17) is 0 Å². The first kappa shape index (κ1) is 5.96. The standard InChI is InChI=1S/C8H11Br/c9-8-6-2-1-3-7(8)5-4-6/h1-2,6-8H,3-5H2. The highest BCUT2D eigenvalue weighted by molar-refractivity contribution is 9.09. The highest BCUT2D eigenvalue weighted by atomic mass is 79.9. The summed E-state index contributed by atoms with van der Waals surface area (Å²) < 4.78 is 0. The van der Waals surface area contributed by atoms with Gasteiger partial charge >= 0.3 is 0 Å². The molecule has 0 saturated heterocycles. The molecule has 0 nitrogen and oxygen atoms in total. The van der Waals surface area contributed by atoms with Gasteiger partial charge in [0, 0.05) is 4.83 Å². The SMILES string of the molecule is BrC1C2C=CCC1CC2. The van der Waals surface area contributed by atoms with Crippen molar-refractivity contribution in [1.29, 1.82) is 0 Å². The lowest BCUT2D eigenvalue weighted by atomic mass is 9.96. The summed E-state index contributed by atoms with van der Waals surface area (Å²) in [6.45, 7) is 0. The minimum absolute atomic E-state index is 0.808. The average Bonchev–Trinajstić information content (AvgIpc) is 2.19. The Balaban J connectivity index is 2.22. The van der Waals surface area contributed by atoms with Crippen molar-refractivity contribution in [1.82, 2.24) is 0 Å². The van der Waals surface area contributed by atoms with Crippen molar-refractivity contribution in [2.45, 2.75) is 24.1 Å². The summed E-state index contributed by atoms with van der Waals surface area (Å²) in [7, 11) is 0. The molecular formula is C8H11Br. The fraction of sp³-hybridized carbons (Fsp3) is 0.750. The average molecular weight is 187 g/mol. The van der Waals surface area contributed by atoms with Crippen LogP contribution in [-0.2, 0) is 0 Å². The zero-order valence-electron chi connectivity index (χ0n) is 5.39. The molecule has 0 heterocycles. The molecule has 1 saturated carbocycles. The zero-order valence-corrected chi connectivity index (χ0v) is 6.97. The first-order valence-corrected chi connectivity index (χ1v) is 4.60. The molecule has 2 bridgehead atoms. The maximum Gasteiger partial charge on any atom is 0.0239 e. The molecule has 0 N–H and O–H groups in total. The zero-order chi connectivity index (χ0) is 6.27. The summed E-state index contributed by atoms with van der Waals surface area (Å²) in [6, 6.07) is 0. The molecule has 3 atom stereocenters. The number of alkyl halides is 1. The largest absolute Gasteiger partial charge is 0.0881 e. The summed E-state index contributed by atoms with van der Waals surface area (Å²) in [5, 5.41) is 0. The van der Waals surface area contributed by atoms with Gasteiger partial charge in [-0.15, -0.1) is 0 Å². The van der Waals surface area contributed by atoms with Gasteiger partial charge in [-0.2, -0.15) is 0 Å². The second kappa shape index (κ2) is 2.12. The Hall–Kier alpha value is 0.220. The van der Waals surface area contributed by atoms with Crippen molar-refractivity contribution in [3.8, 4) is 0 Å². The normalized spacial score (nSPS) is 47.9. The molecule has 2 rings (SSSR count). The summed E-state index contributed by atoms with van der Waals surface area (Å²) in [5.41, 5.74) is 0. The lowest BCUT2D eigenvalue weighted by Gasteiger charge is -2.19. The quantitative estimate of drug-likeness (QED) is 0.404. The second-order valence-electron chi connectivity index (χ2n) is 3.11. The fourth-order valence-electron chi connectivity index (χ4n) is 1.95. The first-order chi connectivity index (χ1) is 4.38. The van der Waals surface area contributed by atoms with Gasteiger partial charge < -0.3 is 0 Å². The van der Waals surface area contributed by atoms with Crippen LogP contribution in [0.3, 0.4) is 0 Å². The molecule has 0 radical (unpaired) electrons. The van der Waals surface area contributed by atoms with Gasteiger partial charge in [-0.25, -0.2) is 0 Å². The number of hydrogen-bond donors (Lipinski definition) is 0. The molecule has 0 aliphatic heterocycles. The van der Waals surface area contributed by atoms with Gasteiger partial charge in [-0.3, -0.25) is 0 Å². The van der Waals surface area contributed by atoms with Crippen LogP contribution in [0.5, 0.6) is 0 Å². The Kier molecular flexibility index (Phi) is 1.40. The Labute approximate surface area is 64.5 Å². The highest BCUT2D eigenvalue weighted by Gasteiger charge is 2.33.